The Kier molecular flexibility index (Phi) is 3.46. The summed E-state index contributed by atoms with van der Waals surface area (Å²) in [7, 11) is 0. The first-order chi connectivity index (χ1) is 6.86. The molecule has 4 nitrogen and oxygen atoms in total. The van der Waals surface area contributed by atoms with Crippen molar-refractivity contribution >= 4 is 12.2 Å². The predicted molar refractivity (Wildman–Crippen MR) is 63.7 cm³/mol. The second-order valence-electron chi connectivity index (χ2n) is 4.55. The largest absolute Gasteiger partial charge is 0.335 e. The highest BCUT2D eigenvalue weighted by molar-refractivity contribution is 7.71. The molecule has 0 aromatic carbocycles. The zero-order chi connectivity index (χ0) is 11.6. The summed E-state index contributed by atoms with van der Waals surface area (Å²) in [5.74, 6) is 0. The van der Waals surface area contributed by atoms with Gasteiger partial charge < -0.3 is 10.7 Å². The van der Waals surface area contributed by atoms with Crippen molar-refractivity contribution in [2.45, 2.75) is 32.6 Å². The van der Waals surface area contributed by atoms with Gasteiger partial charge in [0.25, 0.3) is 5.56 Å². The molecule has 15 heavy (non-hydrogen) atoms. The molecule has 1 aromatic rings. The molecule has 0 radical (unpaired) electrons. The van der Waals surface area contributed by atoms with E-state index in [1.165, 1.54) is 0 Å². The zero-order valence-electron chi connectivity index (χ0n) is 9.31. The summed E-state index contributed by atoms with van der Waals surface area (Å²) in [6, 6.07) is 0. The van der Waals surface area contributed by atoms with Gasteiger partial charge in [0, 0.05) is 16.7 Å². The molecule has 0 atom stereocenters. The molecule has 0 aliphatic rings. The lowest BCUT2D eigenvalue weighted by Gasteiger charge is -2.21. The first kappa shape index (κ1) is 12.1. The Morgan fingerprint density at radius 1 is 1.33 bits per heavy atom. The van der Waals surface area contributed by atoms with Crippen LogP contribution in [0.3, 0.4) is 0 Å². The lowest BCUT2D eigenvalue weighted by atomic mass is 9.88. The van der Waals surface area contributed by atoms with E-state index in [1.54, 1.807) is 0 Å². The maximum absolute atomic E-state index is 11.7. The number of hydrogen-bond acceptors (Lipinski definition) is 3. The SMILES string of the molecule is CC(C)(C)c1[nH]c(=S)[nH]c(=O)c1CCN. The maximum Gasteiger partial charge on any atom is 0.255 e. The van der Waals surface area contributed by atoms with Gasteiger partial charge in [-0.1, -0.05) is 20.8 Å². The van der Waals surface area contributed by atoms with Crippen LogP contribution in [0.15, 0.2) is 4.79 Å². The van der Waals surface area contributed by atoms with E-state index in [-0.39, 0.29) is 11.0 Å². The Balaban J connectivity index is 3.47. The minimum Gasteiger partial charge on any atom is -0.335 e. The number of hydrogen-bond donors (Lipinski definition) is 3. The summed E-state index contributed by atoms with van der Waals surface area (Å²) in [5, 5.41) is 0. The quantitative estimate of drug-likeness (QED) is 0.665. The zero-order valence-corrected chi connectivity index (χ0v) is 10.1. The first-order valence-electron chi connectivity index (χ1n) is 4.92. The monoisotopic (exact) mass is 227 g/mol. The molecule has 0 fully saturated rings. The lowest BCUT2D eigenvalue weighted by molar-refractivity contribution is 0.554. The molecule has 0 amide bonds. The van der Waals surface area contributed by atoms with Crippen LogP contribution in [0.5, 0.6) is 0 Å². The minimum atomic E-state index is -0.133. The molecule has 0 aliphatic heterocycles. The fraction of sp³-hybridized carbons (Fsp3) is 0.600. The van der Waals surface area contributed by atoms with Gasteiger partial charge in [0.2, 0.25) is 0 Å². The normalized spacial score (nSPS) is 11.7. The summed E-state index contributed by atoms with van der Waals surface area (Å²) in [6.07, 6.45) is 0.564. The molecular weight excluding hydrogens is 210 g/mol. The Hall–Kier alpha value is -0.940. The molecule has 0 saturated heterocycles. The molecule has 84 valence electrons. The summed E-state index contributed by atoms with van der Waals surface area (Å²) in [6.45, 7) is 6.56. The van der Waals surface area contributed by atoms with Crippen molar-refractivity contribution in [3.8, 4) is 0 Å². The Morgan fingerprint density at radius 3 is 2.40 bits per heavy atom. The van der Waals surface area contributed by atoms with Crippen molar-refractivity contribution in [3.05, 3.63) is 26.4 Å². The van der Waals surface area contributed by atoms with E-state index >= 15 is 0 Å². The fourth-order valence-electron chi connectivity index (χ4n) is 1.54. The summed E-state index contributed by atoms with van der Waals surface area (Å²) in [4.78, 5) is 17.3. The molecule has 0 saturated carbocycles. The van der Waals surface area contributed by atoms with Gasteiger partial charge in [-0.15, -0.1) is 0 Å². The van der Waals surface area contributed by atoms with E-state index in [4.69, 9.17) is 18.0 Å². The van der Waals surface area contributed by atoms with Crippen LogP contribution in [-0.4, -0.2) is 16.5 Å². The van der Waals surface area contributed by atoms with Gasteiger partial charge >= 0.3 is 0 Å². The van der Waals surface area contributed by atoms with Crippen LogP contribution in [-0.2, 0) is 11.8 Å². The molecule has 0 unspecified atom stereocenters. The van der Waals surface area contributed by atoms with Crippen LogP contribution in [0.2, 0.25) is 0 Å². The third kappa shape index (κ3) is 2.76. The molecule has 5 heteroatoms. The molecule has 4 N–H and O–H groups in total. The van der Waals surface area contributed by atoms with Crippen LogP contribution in [0, 0.1) is 4.77 Å². The van der Waals surface area contributed by atoms with Crippen LogP contribution in [0.4, 0.5) is 0 Å². The second kappa shape index (κ2) is 4.28. The van der Waals surface area contributed by atoms with E-state index in [2.05, 4.69) is 9.97 Å². The molecular formula is C10H17N3OS. The average Bonchev–Trinajstić information content (AvgIpc) is 2.07. The highest BCUT2D eigenvalue weighted by Crippen LogP contribution is 2.21. The first-order valence-corrected chi connectivity index (χ1v) is 5.33. The number of H-pyrrole nitrogens is 2. The summed E-state index contributed by atoms with van der Waals surface area (Å²) < 4.78 is 0.366. The van der Waals surface area contributed by atoms with Gasteiger partial charge in [0.1, 0.15) is 0 Å². The fourth-order valence-corrected chi connectivity index (χ4v) is 1.73. The van der Waals surface area contributed by atoms with Crippen molar-refractivity contribution in [1.82, 2.24) is 9.97 Å². The average molecular weight is 227 g/mol. The number of rotatable bonds is 2. The van der Waals surface area contributed by atoms with Crippen molar-refractivity contribution < 1.29 is 0 Å². The van der Waals surface area contributed by atoms with Crippen LogP contribution in [0.1, 0.15) is 32.0 Å². The molecule has 1 aromatic heterocycles. The van der Waals surface area contributed by atoms with Gasteiger partial charge in [0.05, 0.1) is 0 Å². The maximum atomic E-state index is 11.7. The minimum absolute atomic E-state index is 0.130. The standard InChI is InChI=1S/C10H17N3OS/c1-10(2,3)7-6(4-5-11)8(14)13-9(15)12-7/h4-5,11H2,1-3H3,(H2,12,13,14,15). The van der Waals surface area contributed by atoms with Gasteiger partial charge in [-0.3, -0.25) is 9.78 Å². The van der Waals surface area contributed by atoms with E-state index in [9.17, 15) is 4.79 Å². The van der Waals surface area contributed by atoms with Crippen LogP contribution >= 0.6 is 12.2 Å². The molecule has 1 rings (SSSR count). The van der Waals surface area contributed by atoms with Crippen molar-refractivity contribution in [2.24, 2.45) is 5.73 Å². The van der Waals surface area contributed by atoms with Crippen LogP contribution in [0.25, 0.3) is 0 Å². The number of nitrogens with one attached hydrogen (secondary N) is 2. The molecule has 0 aliphatic carbocycles. The van der Waals surface area contributed by atoms with Crippen molar-refractivity contribution in [2.75, 3.05) is 6.54 Å². The topological polar surface area (TPSA) is 74.7 Å². The Morgan fingerprint density at radius 2 is 1.93 bits per heavy atom. The van der Waals surface area contributed by atoms with E-state index < -0.39 is 0 Å². The second-order valence-corrected chi connectivity index (χ2v) is 4.96. The van der Waals surface area contributed by atoms with Crippen molar-refractivity contribution in [1.29, 1.82) is 0 Å². The van der Waals surface area contributed by atoms with Crippen LogP contribution < -0.4 is 11.3 Å². The van der Waals surface area contributed by atoms with Gasteiger partial charge in [-0.25, -0.2) is 0 Å². The van der Waals surface area contributed by atoms with E-state index in [0.29, 0.717) is 23.3 Å². The lowest BCUT2D eigenvalue weighted by Crippen LogP contribution is -2.27. The van der Waals surface area contributed by atoms with E-state index in [1.807, 2.05) is 20.8 Å². The number of aromatic nitrogens is 2. The molecule has 0 spiro atoms. The predicted octanol–water partition coefficient (Wildman–Crippen LogP) is 1.23. The molecule has 1 heterocycles. The number of nitrogens with two attached hydrogens (primary N) is 1. The van der Waals surface area contributed by atoms with E-state index in [0.717, 1.165) is 5.69 Å². The third-order valence-electron chi connectivity index (χ3n) is 2.19. The summed E-state index contributed by atoms with van der Waals surface area (Å²) in [5.41, 5.74) is 6.81. The molecule has 0 bridgehead atoms. The Labute approximate surface area is 93.9 Å². The highest BCUT2D eigenvalue weighted by atomic mass is 32.1. The smallest absolute Gasteiger partial charge is 0.255 e. The Bertz CT molecular complexity index is 453. The van der Waals surface area contributed by atoms with Gasteiger partial charge in [-0.2, -0.15) is 0 Å². The number of aromatic amines is 2. The third-order valence-corrected chi connectivity index (χ3v) is 2.39. The van der Waals surface area contributed by atoms with Crippen molar-refractivity contribution in [3.63, 3.8) is 0 Å². The van der Waals surface area contributed by atoms with Gasteiger partial charge in [0.15, 0.2) is 4.77 Å². The van der Waals surface area contributed by atoms with Gasteiger partial charge in [-0.05, 0) is 25.2 Å². The highest BCUT2D eigenvalue weighted by Gasteiger charge is 2.20. The summed E-state index contributed by atoms with van der Waals surface area (Å²) >= 11 is 4.96.